The van der Waals surface area contributed by atoms with E-state index in [1.165, 1.54) is 6.20 Å². The number of aromatic amines is 1. The summed E-state index contributed by atoms with van der Waals surface area (Å²) < 4.78 is 0. The highest BCUT2D eigenvalue weighted by Crippen LogP contribution is 2.02. The largest absolute Gasteiger partial charge is 0.387 e. The summed E-state index contributed by atoms with van der Waals surface area (Å²) >= 11 is 0. The summed E-state index contributed by atoms with van der Waals surface area (Å²) in [6.45, 7) is 1.64. The van der Waals surface area contributed by atoms with E-state index in [4.69, 9.17) is 5.11 Å². The summed E-state index contributed by atoms with van der Waals surface area (Å²) in [6.07, 6.45) is 0.971. The number of nitrogens with zero attached hydrogens (tertiary/aromatic N) is 2. The number of H-pyrrole nitrogens is 1. The zero-order chi connectivity index (χ0) is 5.98. The van der Waals surface area contributed by atoms with Gasteiger partial charge < -0.3 is 5.11 Å². The predicted octanol–water partition coefficient (Wildman–Crippen LogP) is -0.142. The first-order valence-corrected chi connectivity index (χ1v) is 2.34. The molecule has 0 amide bonds. The highest BCUT2D eigenvalue weighted by Gasteiger charge is 2.00. The first-order valence-electron chi connectivity index (χ1n) is 2.34. The van der Waals surface area contributed by atoms with Gasteiger partial charge in [0, 0.05) is 0 Å². The van der Waals surface area contributed by atoms with Gasteiger partial charge in [-0.1, -0.05) is 0 Å². The lowest BCUT2D eigenvalue weighted by Gasteiger charge is -1.92. The van der Waals surface area contributed by atoms with Crippen LogP contribution in [0.5, 0.6) is 0 Å². The quantitative estimate of drug-likeness (QED) is 0.532. The van der Waals surface area contributed by atoms with Crippen molar-refractivity contribution >= 4 is 0 Å². The molecule has 1 rings (SSSR count). The molecule has 1 atom stereocenters. The van der Waals surface area contributed by atoms with Gasteiger partial charge in [-0.3, -0.25) is 0 Å². The van der Waals surface area contributed by atoms with Crippen molar-refractivity contribution in [3.05, 3.63) is 11.9 Å². The van der Waals surface area contributed by atoms with E-state index in [0.717, 1.165) is 0 Å². The molecule has 2 N–H and O–H groups in total. The minimum atomic E-state index is -0.520. The van der Waals surface area contributed by atoms with Gasteiger partial charge in [0.1, 0.15) is 5.69 Å². The van der Waals surface area contributed by atoms with Crippen LogP contribution in [0.25, 0.3) is 0 Å². The molecule has 8 heavy (non-hydrogen) atoms. The van der Waals surface area contributed by atoms with Gasteiger partial charge in [-0.2, -0.15) is 15.4 Å². The minimum Gasteiger partial charge on any atom is -0.387 e. The molecule has 0 unspecified atom stereocenters. The van der Waals surface area contributed by atoms with Crippen LogP contribution in [0.15, 0.2) is 6.20 Å². The van der Waals surface area contributed by atoms with Gasteiger partial charge in [0.15, 0.2) is 0 Å². The van der Waals surface area contributed by atoms with Gasteiger partial charge in [-0.15, -0.1) is 0 Å². The van der Waals surface area contributed by atoms with Gasteiger partial charge in [0.05, 0.1) is 12.3 Å². The number of nitrogens with one attached hydrogen (secondary N) is 1. The maximum absolute atomic E-state index is 8.79. The minimum absolute atomic E-state index is 0.520. The van der Waals surface area contributed by atoms with Crippen molar-refractivity contribution in [2.75, 3.05) is 0 Å². The SMILES string of the molecule is C[C@H](O)c1cn[nH]n1. The monoisotopic (exact) mass is 113 g/mol. The molecule has 4 nitrogen and oxygen atoms in total. The second-order valence-corrected chi connectivity index (χ2v) is 1.57. The predicted molar refractivity (Wildman–Crippen MR) is 27.0 cm³/mol. The number of hydrogen-bond donors (Lipinski definition) is 2. The van der Waals surface area contributed by atoms with Crippen LogP contribution in [0.2, 0.25) is 0 Å². The molecule has 0 radical (unpaired) electrons. The summed E-state index contributed by atoms with van der Waals surface area (Å²) in [5.41, 5.74) is 0.574. The third-order valence-corrected chi connectivity index (χ3v) is 0.862. The zero-order valence-corrected chi connectivity index (χ0v) is 4.50. The molecule has 0 bridgehead atoms. The fraction of sp³-hybridized carbons (Fsp3) is 0.500. The Kier molecular flexibility index (Phi) is 1.26. The number of rotatable bonds is 1. The normalized spacial score (nSPS) is 13.8. The Bertz CT molecular complexity index is 146. The summed E-state index contributed by atoms with van der Waals surface area (Å²) in [6, 6.07) is 0. The summed E-state index contributed by atoms with van der Waals surface area (Å²) in [4.78, 5) is 0. The van der Waals surface area contributed by atoms with E-state index in [1.54, 1.807) is 6.92 Å². The third kappa shape index (κ3) is 0.840. The smallest absolute Gasteiger partial charge is 0.111 e. The molecule has 1 aromatic heterocycles. The van der Waals surface area contributed by atoms with Crippen LogP contribution in [-0.2, 0) is 0 Å². The van der Waals surface area contributed by atoms with E-state index in [0.29, 0.717) is 5.69 Å². The first kappa shape index (κ1) is 5.24. The fourth-order valence-electron chi connectivity index (χ4n) is 0.412. The fourth-order valence-corrected chi connectivity index (χ4v) is 0.412. The van der Waals surface area contributed by atoms with Crippen molar-refractivity contribution in [3.8, 4) is 0 Å². The zero-order valence-electron chi connectivity index (χ0n) is 4.50. The summed E-state index contributed by atoms with van der Waals surface area (Å²) in [5.74, 6) is 0. The standard InChI is InChI=1S/C4H7N3O/c1-3(8)4-2-5-7-6-4/h2-3,8H,1H3,(H,5,6,7)/t3-/m0/s1. The van der Waals surface area contributed by atoms with E-state index < -0.39 is 6.10 Å². The van der Waals surface area contributed by atoms with E-state index >= 15 is 0 Å². The molecule has 0 aliphatic rings. The first-order chi connectivity index (χ1) is 3.80. The lowest BCUT2D eigenvalue weighted by molar-refractivity contribution is 0.194. The molecule has 0 saturated heterocycles. The maximum Gasteiger partial charge on any atom is 0.111 e. The molecule has 44 valence electrons. The van der Waals surface area contributed by atoms with Crippen LogP contribution in [0, 0.1) is 0 Å². The highest BCUT2D eigenvalue weighted by molar-refractivity contribution is 4.92. The Morgan fingerprint density at radius 2 is 2.62 bits per heavy atom. The molecule has 0 aliphatic heterocycles. The van der Waals surface area contributed by atoms with Crippen LogP contribution in [0.3, 0.4) is 0 Å². The van der Waals surface area contributed by atoms with Crippen LogP contribution in [0.4, 0.5) is 0 Å². The molecule has 1 aromatic rings. The third-order valence-electron chi connectivity index (χ3n) is 0.862. The highest BCUT2D eigenvalue weighted by atomic mass is 16.3. The van der Waals surface area contributed by atoms with Crippen LogP contribution in [0.1, 0.15) is 18.7 Å². The van der Waals surface area contributed by atoms with Crippen molar-refractivity contribution in [3.63, 3.8) is 0 Å². The molecule has 1 heterocycles. The summed E-state index contributed by atoms with van der Waals surface area (Å²) in [5, 5.41) is 18.3. The average molecular weight is 113 g/mol. The lowest BCUT2D eigenvalue weighted by atomic mass is 10.3. The van der Waals surface area contributed by atoms with Crippen molar-refractivity contribution in [1.82, 2.24) is 15.4 Å². The van der Waals surface area contributed by atoms with Gasteiger partial charge in [0.25, 0.3) is 0 Å². The van der Waals surface area contributed by atoms with Crippen molar-refractivity contribution in [2.24, 2.45) is 0 Å². The van der Waals surface area contributed by atoms with Gasteiger partial charge >= 0.3 is 0 Å². The lowest BCUT2D eigenvalue weighted by Crippen LogP contribution is -1.89. The van der Waals surface area contributed by atoms with Crippen LogP contribution in [-0.4, -0.2) is 20.5 Å². The van der Waals surface area contributed by atoms with Gasteiger partial charge in [-0.25, -0.2) is 0 Å². The Morgan fingerprint density at radius 3 is 2.88 bits per heavy atom. The molecule has 0 aliphatic carbocycles. The maximum atomic E-state index is 8.79. The van der Waals surface area contributed by atoms with Crippen molar-refractivity contribution < 1.29 is 5.11 Å². The van der Waals surface area contributed by atoms with Crippen LogP contribution < -0.4 is 0 Å². The number of aliphatic hydroxyl groups excluding tert-OH is 1. The van der Waals surface area contributed by atoms with Gasteiger partial charge in [-0.05, 0) is 6.92 Å². The number of hydrogen-bond acceptors (Lipinski definition) is 3. The Balaban J connectivity index is 2.77. The Morgan fingerprint density at radius 1 is 1.88 bits per heavy atom. The van der Waals surface area contributed by atoms with E-state index in [2.05, 4.69) is 15.4 Å². The molecular formula is C4H7N3O. The van der Waals surface area contributed by atoms with Crippen molar-refractivity contribution in [2.45, 2.75) is 13.0 Å². The average Bonchev–Trinajstić information content (AvgIpc) is 2.12. The molecular weight excluding hydrogens is 106 g/mol. The second-order valence-electron chi connectivity index (χ2n) is 1.57. The van der Waals surface area contributed by atoms with Crippen molar-refractivity contribution in [1.29, 1.82) is 0 Å². The molecule has 4 heteroatoms. The molecule has 0 aromatic carbocycles. The van der Waals surface area contributed by atoms with E-state index in [1.807, 2.05) is 0 Å². The summed E-state index contributed by atoms with van der Waals surface area (Å²) in [7, 11) is 0. The van der Waals surface area contributed by atoms with E-state index in [9.17, 15) is 0 Å². The molecule has 0 spiro atoms. The second kappa shape index (κ2) is 1.92. The van der Waals surface area contributed by atoms with E-state index in [-0.39, 0.29) is 0 Å². The van der Waals surface area contributed by atoms with Crippen LogP contribution >= 0.6 is 0 Å². The Hall–Kier alpha value is -0.900. The molecule has 0 fully saturated rings. The molecule has 0 saturated carbocycles. The number of aliphatic hydroxyl groups is 1. The van der Waals surface area contributed by atoms with Gasteiger partial charge in [0.2, 0.25) is 0 Å². The number of aromatic nitrogens is 3. The Labute approximate surface area is 46.5 Å². The topological polar surface area (TPSA) is 61.8 Å².